The summed E-state index contributed by atoms with van der Waals surface area (Å²) in [4.78, 5) is 6.99. The summed E-state index contributed by atoms with van der Waals surface area (Å²) in [6.07, 6.45) is 4.16. The van der Waals surface area contributed by atoms with E-state index >= 15 is 0 Å². The first-order chi connectivity index (χ1) is 12.7. The third-order valence-corrected chi connectivity index (χ3v) is 5.53. The SMILES string of the molecule is Cn1cc(I)c2cc(N3CCOC(COCc4ccccc4)C3)cnc21. The minimum atomic E-state index is 0.0815. The summed E-state index contributed by atoms with van der Waals surface area (Å²) in [5, 5.41) is 1.20. The maximum atomic E-state index is 5.89. The predicted molar refractivity (Wildman–Crippen MR) is 111 cm³/mol. The highest BCUT2D eigenvalue weighted by Crippen LogP contribution is 2.26. The zero-order valence-corrected chi connectivity index (χ0v) is 16.9. The maximum absolute atomic E-state index is 5.89. The first-order valence-electron chi connectivity index (χ1n) is 8.79. The van der Waals surface area contributed by atoms with Gasteiger partial charge in [-0.2, -0.15) is 0 Å². The van der Waals surface area contributed by atoms with E-state index in [0.717, 1.165) is 24.4 Å². The highest BCUT2D eigenvalue weighted by molar-refractivity contribution is 14.1. The van der Waals surface area contributed by atoms with Crippen LogP contribution < -0.4 is 4.90 Å². The summed E-state index contributed by atoms with van der Waals surface area (Å²) in [7, 11) is 2.03. The van der Waals surface area contributed by atoms with Gasteiger partial charge in [-0.05, 0) is 34.2 Å². The molecule has 0 amide bonds. The van der Waals surface area contributed by atoms with E-state index in [2.05, 4.69) is 61.4 Å². The molecule has 26 heavy (non-hydrogen) atoms. The monoisotopic (exact) mass is 463 g/mol. The third kappa shape index (κ3) is 3.87. The lowest BCUT2D eigenvalue weighted by atomic mass is 10.2. The number of hydrogen-bond donors (Lipinski definition) is 0. The van der Waals surface area contributed by atoms with Crippen LogP contribution in [0.25, 0.3) is 11.0 Å². The van der Waals surface area contributed by atoms with Crippen molar-refractivity contribution in [3.63, 3.8) is 0 Å². The summed E-state index contributed by atoms with van der Waals surface area (Å²) >= 11 is 2.37. The second-order valence-electron chi connectivity index (χ2n) is 6.59. The van der Waals surface area contributed by atoms with Crippen LogP contribution in [0.3, 0.4) is 0 Å². The lowest BCUT2D eigenvalue weighted by Gasteiger charge is -2.34. The van der Waals surface area contributed by atoms with E-state index in [-0.39, 0.29) is 6.10 Å². The van der Waals surface area contributed by atoms with Crippen LogP contribution in [0.15, 0.2) is 48.8 Å². The molecule has 3 aromatic rings. The Labute approximate surface area is 167 Å². The van der Waals surface area contributed by atoms with Crippen molar-refractivity contribution in [3.05, 3.63) is 57.9 Å². The van der Waals surface area contributed by atoms with E-state index in [1.807, 2.05) is 31.4 Å². The van der Waals surface area contributed by atoms with Crippen LogP contribution in [-0.4, -0.2) is 42.0 Å². The van der Waals surface area contributed by atoms with Crippen LogP contribution in [0, 0.1) is 3.57 Å². The van der Waals surface area contributed by atoms with E-state index < -0.39 is 0 Å². The van der Waals surface area contributed by atoms with Gasteiger partial charge >= 0.3 is 0 Å². The lowest BCUT2D eigenvalue weighted by Crippen LogP contribution is -2.44. The molecule has 1 unspecified atom stereocenters. The Morgan fingerprint density at radius 2 is 2.15 bits per heavy atom. The highest BCUT2D eigenvalue weighted by atomic mass is 127. The molecule has 3 heterocycles. The predicted octanol–water partition coefficient (Wildman–Crippen LogP) is 3.60. The molecule has 0 radical (unpaired) electrons. The molecule has 0 bridgehead atoms. The molecule has 1 aromatic carbocycles. The highest BCUT2D eigenvalue weighted by Gasteiger charge is 2.22. The summed E-state index contributed by atoms with van der Waals surface area (Å²) in [6, 6.07) is 12.5. The van der Waals surface area contributed by atoms with Gasteiger partial charge in [-0.1, -0.05) is 30.3 Å². The fourth-order valence-corrected chi connectivity index (χ4v) is 4.13. The van der Waals surface area contributed by atoms with Crippen molar-refractivity contribution in [2.45, 2.75) is 12.7 Å². The Hall–Kier alpha value is -1.64. The number of morpholine rings is 1. The lowest BCUT2D eigenvalue weighted by molar-refractivity contribution is -0.0283. The number of nitrogens with zero attached hydrogens (tertiary/aromatic N) is 3. The van der Waals surface area contributed by atoms with E-state index in [9.17, 15) is 0 Å². The number of rotatable bonds is 5. The average molecular weight is 463 g/mol. The van der Waals surface area contributed by atoms with Gasteiger partial charge in [0, 0.05) is 35.3 Å². The van der Waals surface area contributed by atoms with Gasteiger partial charge in [0.1, 0.15) is 5.65 Å². The first-order valence-corrected chi connectivity index (χ1v) is 9.87. The van der Waals surface area contributed by atoms with Gasteiger partial charge in [-0.15, -0.1) is 0 Å². The van der Waals surface area contributed by atoms with Crippen molar-refractivity contribution in [3.8, 4) is 0 Å². The normalized spacial score (nSPS) is 17.8. The number of aromatic nitrogens is 2. The molecule has 1 saturated heterocycles. The van der Waals surface area contributed by atoms with Gasteiger partial charge in [0.25, 0.3) is 0 Å². The summed E-state index contributed by atoms with van der Waals surface area (Å²) < 4.78 is 15.1. The van der Waals surface area contributed by atoms with Crippen LogP contribution in [0.2, 0.25) is 0 Å². The van der Waals surface area contributed by atoms with Gasteiger partial charge in [0.05, 0.1) is 37.8 Å². The van der Waals surface area contributed by atoms with Crippen molar-refractivity contribution in [2.75, 3.05) is 31.2 Å². The first kappa shape index (κ1) is 17.8. The quantitative estimate of drug-likeness (QED) is 0.543. The molecule has 0 spiro atoms. The second-order valence-corrected chi connectivity index (χ2v) is 7.75. The summed E-state index contributed by atoms with van der Waals surface area (Å²) in [5.74, 6) is 0. The number of pyridine rings is 1. The molecule has 1 atom stereocenters. The number of anilines is 1. The molecule has 2 aromatic heterocycles. The van der Waals surface area contributed by atoms with Crippen LogP contribution in [-0.2, 0) is 23.1 Å². The van der Waals surface area contributed by atoms with E-state index in [1.54, 1.807) is 0 Å². The topological polar surface area (TPSA) is 39.5 Å². The van der Waals surface area contributed by atoms with Crippen molar-refractivity contribution in [1.82, 2.24) is 9.55 Å². The fraction of sp³-hybridized carbons (Fsp3) is 0.350. The molecule has 1 fully saturated rings. The fourth-order valence-electron chi connectivity index (χ4n) is 3.31. The molecular formula is C20H22IN3O2. The molecule has 5 nitrogen and oxygen atoms in total. The number of hydrogen-bond acceptors (Lipinski definition) is 4. The van der Waals surface area contributed by atoms with Crippen molar-refractivity contribution >= 4 is 39.3 Å². The van der Waals surface area contributed by atoms with Crippen LogP contribution in [0.4, 0.5) is 5.69 Å². The number of ether oxygens (including phenoxy) is 2. The zero-order chi connectivity index (χ0) is 17.9. The number of aryl methyl sites for hydroxylation is 1. The molecule has 1 aliphatic rings. The molecule has 4 rings (SSSR count). The Balaban J connectivity index is 1.39. The minimum absolute atomic E-state index is 0.0815. The molecule has 6 heteroatoms. The molecule has 1 aliphatic heterocycles. The van der Waals surface area contributed by atoms with E-state index in [4.69, 9.17) is 9.47 Å². The Kier molecular flexibility index (Phi) is 5.42. The number of halogens is 1. The number of fused-ring (bicyclic) bond motifs is 1. The summed E-state index contributed by atoms with van der Waals surface area (Å²) in [6.45, 7) is 3.64. The van der Waals surface area contributed by atoms with Crippen LogP contribution >= 0.6 is 22.6 Å². The van der Waals surface area contributed by atoms with Crippen LogP contribution in [0.5, 0.6) is 0 Å². The molecule has 136 valence electrons. The van der Waals surface area contributed by atoms with Gasteiger partial charge in [0.2, 0.25) is 0 Å². The maximum Gasteiger partial charge on any atom is 0.140 e. The van der Waals surface area contributed by atoms with Crippen molar-refractivity contribution < 1.29 is 9.47 Å². The van der Waals surface area contributed by atoms with Crippen molar-refractivity contribution in [1.29, 1.82) is 0 Å². The average Bonchev–Trinajstić information content (AvgIpc) is 2.96. The van der Waals surface area contributed by atoms with Gasteiger partial charge in [0.15, 0.2) is 0 Å². The largest absolute Gasteiger partial charge is 0.374 e. The smallest absolute Gasteiger partial charge is 0.140 e. The van der Waals surface area contributed by atoms with Crippen LogP contribution in [0.1, 0.15) is 5.56 Å². The standard InChI is InChI=1S/C20H22IN3O2/c1-23-12-19(21)18-9-16(10-22-20(18)23)24-7-8-26-17(11-24)14-25-13-15-5-3-2-4-6-15/h2-6,9-10,12,17H,7-8,11,13-14H2,1H3. The molecule has 0 N–H and O–H groups in total. The molecule has 0 aliphatic carbocycles. The van der Waals surface area contributed by atoms with E-state index in [0.29, 0.717) is 19.8 Å². The van der Waals surface area contributed by atoms with Crippen molar-refractivity contribution in [2.24, 2.45) is 7.05 Å². The van der Waals surface area contributed by atoms with Gasteiger partial charge in [-0.3, -0.25) is 0 Å². The summed E-state index contributed by atoms with van der Waals surface area (Å²) in [5.41, 5.74) is 3.36. The Morgan fingerprint density at radius 3 is 3.00 bits per heavy atom. The van der Waals surface area contributed by atoms with Gasteiger partial charge in [-0.25, -0.2) is 4.98 Å². The van der Waals surface area contributed by atoms with Gasteiger partial charge < -0.3 is 18.9 Å². The Bertz CT molecular complexity index is 881. The Morgan fingerprint density at radius 1 is 1.31 bits per heavy atom. The minimum Gasteiger partial charge on any atom is -0.374 e. The molecular weight excluding hydrogens is 441 g/mol. The second kappa shape index (κ2) is 7.94. The third-order valence-electron chi connectivity index (χ3n) is 4.67. The molecule has 0 saturated carbocycles. The number of benzene rings is 1. The van der Waals surface area contributed by atoms with E-state index in [1.165, 1.54) is 14.5 Å². The zero-order valence-electron chi connectivity index (χ0n) is 14.8.